The number of thioether (sulfide) groups is 1. The Labute approximate surface area is 155 Å². The quantitative estimate of drug-likeness (QED) is 0.719. The van der Waals surface area contributed by atoms with Crippen LogP contribution in [-0.2, 0) is 4.79 Å². The van der Waals surface area contributed by atoms with Crippen LogP contribution >= 0.6 is 24.2 Å². The van der Waals surface area contributed by atoms with Crippen LogP contribution in [0.1, 0.15) is 32.6 Å². The molecule has 1 aliphatic carbocycles. The molecule has 24 heavy (non-hydrogen) atoms. The summed E-state index contributed by atoms with van der Waals surface area (Å²) in [6.07, 6.45) is 3.92. The van der Waals surface area contributed by atoms with Gasteiger partial charge in [0.2, 0.25) is 5.91 Å². The van der Waals surface area contributed by atoms with Crippen molar-refractivity contribution in [1.29, 1.82) is 0 Å². The fourth-order valence-corrected chi connectivity index (χ4v) is 3.96. The number of ether oxygens (including phenoxy) is 1. The van der Waals surface area contributed by atoms with E-state index in [0.717, 1.165) is 42.1 Å². The average molecular weight is 373 g/mol. The molecule has 0 saturated heterocycles. The van der Waals surface area contributed by atoms with Crippen LogP contribution in [0.2, 0.25) is 0 Å². The maximum atomic E-state index is 12.2. The standard InChI is InChI=1S/C18H28N2O2S.ClH/c1-13(12-23-17-9-4-3-8-16(17)22-2)11-20-18(21)14-6-5-7-15(19)10-14;/h3-4,8-9,13-15H,5-7,10-12,19H2,1-2H3,(H,20,21);1H. The van der Waals surface area contributed by atoms with Gasteiger partial charge in [-0.2, -0.15) is 0 Å². The Bertz CT molecular complexity index is 516. The lowest BCUT2D eigenvalue weighted by molar-refractivity contribution is -0.126. The summed E-state index contributed by atoms with van der Waals surface area (Å²) in [6.45, 7) is 2.88. The summed E-state index contributed by atoms with van der Waals surface area (Å²) >= 11 is 1.77. The van der Waals surface area contributed by atoms with Crippen LogP contribution in [0.25, 0.3) is 0 Å². The van der Waals surface area contributed by atoms with Crippen molar-refractivity contribution in [3.05, 3.63) is 24.3 Å². The van der Waals surface area contributed by atoms with Crippen molar-refractivity contribution in [3.63, 3.8) is 0 Å². The molecule has 4 nitrogen and oxygen atoms in total. The van der Waals surface area contributed by atoms with Crippen molar-refractivity contribution < 1.29 is 9.53 Å². The normalized spacial score (nSPS) is 21.5. The summed E-state index contributed by atoms with van der Waals surface area (Å²) in [6, 6.07) is 8.22. The third kappa shape index (κ3) is 6.54. The van der Waals surface area contributed by atoms with Crippen LogP contribution in [0.5, 0.6) is 5.75 Å². The Morgan fingerprint density at radius 1 is 1.42 bits per heavy atom. The van der Waals surface area contributed by atoms with E-state index >= 15 is 0 Å². The van der Waals surface area contributed by atoms with Crippen molar-refractivity contribution in [1.82, 2.24) is 5.32 Å². The third-order valence-corrected chi connectivity index (χ3v) is 5.69. The Hall–Kier alpha value is -0.910. The molecule has 1 aromatic rings. The Kier molecular flexibility index (Phi) is 9.56. The van der Waals surface area contributed by atoms with Crippen molar-refractivity contribution in [2.75, 3.05) is 19.4 Å². The van der Waals surface area contributed by atoms with E-state index in [9.17, 15) is 4.79 Å². The number of halogens is 1. The minimum Gasteiger partial charge on any atom is -0.496 e. The molecule has 3 atom stereocenters. The lowest BCUT2D eigenvalue weighted by Crippen LogP contribution is -2.39. The summed E-state index contributed by atoms with van der Waals surface area (Å²) in [5.41, 5.74) is 5.96. The van der Waals surface area contributed by atoms with Crippen LogP contribution < -0.4 is 15.8 Å². The smallest absolute Gasteiger partial charge is 0.223 e. The average Bonchev–Trinajstić information content (AvgIpc) is 2.58. The van der Waals surface area contributed by atoms with Gasteiger partial charge in [-0.15, -0.1) is 24.2 Å². The van der Waals surface area contributed by atoms with Gasteiger partial charge < -0.3 is 15.8 Å². The third-order valence-electron chi connectivity index (χ3n) is 4.30. The van der Waals surface area contributed by atoms with Gasteiger partial charge in [0.15, 0.2) is 0 Å². The van der Waals surface area contributed by atoms with E-state index < -0.39 is 0 Å². The number of benzene rings is 1. The highest BCUT2D eigenvalue weighted by Crippen LogP contribution is 2.30. The van der Waals surface area contributed by atoms with E-state index in [4.69, 9.17) is 10.5 Å². The second kappa shape index (κ2) is 10.9. The summed E-state index contributed by atoms with van der Waals surface area (Å²) < 4.78 is 5.36. The lowest BCUT2D eigenvalue weighted by Gasteiger charge is -2.26. The SMILES string of the molecule is COc1ccccc1SCC(C)CNC(=O)C1CCCC(N)C1.Cl. The molecule has 0 bridgehead atoms. The Balaban J connectivity index is 0.00000288. The van der Waals surface area contributed by atoms with Crippen LogP contribution in [-0.4, -0.2) is 31.4 Å². The van der Waals surface area contributed by atoms with E-state index in [2.05, 4.69) is 18.3 Å². The maximum Gasteiger partial charge on any atom is 0.223 e. The summed E-state index contributed by atoms with van der Waals surface area (Å²) in [7, 11) is 1.69. The second-order valence-corrected chi connectivity index (χ2v) is 7.50. The Morgan fingerprint density at radius 3 is 2.88 bits per heavy atom. The molecule has 1 aromatic carbocycles. The van der Waals surface area contributed by atoms with Gasteiger partial charge in [0.25, 0.3) is 0 Å². The molecule has 0 aliphatic heterocycles. The fraction of sp³-hybridized carbons (Fsp3) is 0.611. The minimum absolute atomic E-state index is 0. The molecule has 0 spiro atoms. The van der Waals surface area contributed by atoms with E-state index in [-0.39, 0.29) is 30.3 Å². The molecule has 2 rings (SSSR count). The maximum absolute atomic E-state index is 12.2. The number of hydrogen-bond donors (Lipinski definition) is 2. The largest absolute Gasteiger partial charge is 0.496 e. The summed E-state index contributed by atoms with van der Waals surface area (Å²) in [5, 5.41) is 3.10. The van der Waals surface area contributed by atoms with E-state index in [1.54, 1.807) is 18.9 Å². The number of methoxy groups -OCH3 is 1. The first-order chi connectivity index (χ1) is 11.1. The highest BCUT2D eigenvalue weighted by molar-refractivity contribution is 7.99. The molecule has 136 valence electrons. The van der Waals surface area contributed by atoms with Crippen molar-refractivity contribution in [2.45, 2.75) is 43.5 Å². The van der Waals surface area contributed by atoms with Crippen molar-refractivity contribution in [2.24, 2.45) is 17.6 Å². The topological polar surface area (TPSA) is 64.3 Å². The molecule has 1 saturated carbocycles. The molecule has 3 N–H and O–H groups in total. The molecule has 1 amide bonds. The van der Waals surface area contributed by atoms with Gasteiger partial charge >= 0.3 is 0 Å². The number of amides is 1. The molecule has 1 fully saturated rings. The zero-order valence-corrected chi connectivity index (χ0v) is 16.1. The highest BCUT2D eigenvalue weighted by atomic mass is 35.5. The van der Waals surface area contributed by atoms with Crippen LogP contribution in [0.4, 0.5) is 0 Å². The summed E-state index contributed by atoms with van der Waals surface area (Å²) in [5.74, 6) is 2.54. The zero-order valence-electron chi connectivity index (χ0n) is 14.5. The monoisotopic (exact) mass is 372 g/mol. The minimum atomic E-state index is 0. The van der Waals surface area contributed by atoms with Gasteiger partial charge in [0, 0.05) is 29.2 Å². The molecule has 1 aliphatic rings. The fourth-order valence-electron chi connectivity index (χ4n) is 2.91. The number of hydrogen-bond acceptors (Lipinski definition) is 4. The van der Waals surface area contributed by atoms with Gasteiger partial charge in [-0.1, -0.05) is 25.5 Å². The van der Waals surface area contributed by atoms with Crippen LogP contribution in [0, 0.1) is 11.8 Å². The number of carbonyl (C=O) groups is 1. The first kappa shape index (κ1) is 21.1. The first-order valence-electron chi connectivity index (χ1n) is 8.39. The van der Waals surface area contributed by atoms with Gasteiger partial charge in [-0.05, 0) is 37.3 Å². The Morgan fingerprint density at radius 2 is 2.17 bits per heavy atom. The van der Waals surface area contributed by atoms with Crippen LogP contribution in [0.3, 0.4) is 0 Å². The molecule has 0 heterocycles. The molecular formula is C18H29ClN2O2S. The number of nitrogens with one attached hydrogen (secondary N) is 1. The van der Waals surface area contributed by atoms with Crippen molar-refractivity contribution in [3.8, 4) is 5.75 Å². The van der Waals surface area contributed by atoms with Crippen LogP contribution in [0.15, 0.2) is 29.2 Å². The molecule has 0 aromatic heterocycles. The van der Waals surface area contributed by atoms with E-state index in [0.29, 0.717) is 12.5 Å². The number of para-hydroxylation sites is 1. The number of nitrogens with two attached hydrogens (primary N) is 1. The van der Waals surface area contributed by atoms with E-state index in [1.165, 1.54) is 0 Å². The lowest BCUT2D eigenvalue weighted by atomic mass is 9.85. The highest BCUT2D eigenvalue weighted by Gasteiger charge is 2.25. The predicted octanol–water partition coefficient (Wildman–Crippen LogP) is 3.48. The van der Waals surface area contributed by atoms with Gasteiger partial charge in [0.05, 0.1) is 7.11 Å². The second-order valence-electron chi connectivity index (χ2n) is 6.44. The molecule has 6 heteroatoms. The molecule has 3 unspecified atom stereocenters. The summed E-state index contributed by atoms with van der Waals surface area (Å²) in [4.78, 5) is 13.4. The van der Waals surface area contributed by atoms with Gasteiger partial charge in [-0.25, -0.2) is 0 Å². The zero-order chi connectivity index (χ0) is 16.7. The van der Waals surface area contributed by atoms with Crippen molar-refractivity contribution >= 4 is 30.1 Å². The van der Waals surface area contributed by atoms with Gasteiger partial charge in [-0.3, -0.25) is 4.79 Å². The molecular weight excluding hydrogens is 344 g/mol. The molecule has 0 radical (unpaired) electrons. The predicted molar refractivity (Wildman–Crippen MR) is 103 cm³/mol. The van der Waals surface area contributed by atoms with E-state index in [1.807, 2.05) is 18.2 Å². The first-order valence-corrected chi connectivity index (χ1v) is 9.37. The van der Waals surface area contributed by atoms with Gasteiger partial charge in [0.1, 0.15) is 5.75 Å². The number of rotatable bonds is 7. The number of carbonyl (C=O) groups excluding carboxylic acids is 1.